The molecule has 0 radical (unpaired) electrons. The molecule has 1 aliphatic heterocycles. The highest BCUT2D eigenvalue weighted by molar-refractivity contribution is 6.32. The third-order valence-electron chi connectivity index (χ3n) is 2.67. The van der Waals surface area contributed by atoms with Crippen molar-refractivity contribution in [3.05, 3.63) is 0 Å². The summed E-state index contributed by atoms with van der Waals surface area (Å²) in [6.07, 6.45) is 0.265. The summed E-state index contributed by atoms with van der Waals surface area (Å²) in [7, 11) is 0. The van der Waals surface area contributed by atoms with Crippen molar-refractivity contribution >= 4 is 17.4 Å². The molecule has 0 aromatic carbocycles. The van der Waals surface area contributed by atoms with Crippen molar-refractivity contribution in [3.63, 3.8) is 0 Å². The van der Waals surface area contributed by atoms with Crippen molar-refractivity contribution in [1.29, 1.82) is 0 Å². The van der Waals surface area contributed by atoms with E-state index >= 15 is 0 Å². The average Bonchev–Trinajstić information content (AvgIpc) is 2.15. The molecule has 0 spiro atoms. The SMILES string of the molecule is CC1(C)CC(C(=O)C(F)(F)Cl)C(C)(C)O1. The lowest BCUT2D eigenvalue weighted by Gasteiger charge is -2.27. The lowest BCUT2D eigenvalue weighted by Crippen LogP contribution is -2.39. The van der Waals surface area contributed by atoms with Gasteiger partial charge in [-0.15, -0.1) is 0 Å². The van der Waals surface area contributed by atoms with Crippen molar-refractivity contribution in [1.82, 2.24) is 0 Å². The second-order valence-electron chi connectivity index (χ2n) is 5.08. The average molecular weight is 241 g/mol. The Morgan fingerprint density at radius 2 is 1.87 bits per heavy atom. The fraction of sp³-hybridized carbons (Fsp3) is 0.900. The van der Waals surface area contributed by atoms with E-state index in [0.717, 1.165) is 0 Å². The Balaban J connectivity index is 2.93. The fourth-order valence-electron chi connectivity index (χ4n) is 2.17. The number of Topliss-reactive ketones (excluding diaryl/α,β-unsaturated/α-hetero) is 1. The van der Waals surface area contributed by atoms with Gasteiger partial charge in [0.25, 0.3) is 0 Å². The number of ether oxygens (including phenoxy) is 1. The van der Waals surface area contributed by atoms with Crippen molar-refractivity contribution < 1.29 is 18.3 Å². The maximum absolute atomic E-state index is 12.7. The van der Waals surface area contributed by atoms with Gasteiger partial charge in [0.1, 0.15) is 0 Å². The third-order valence-corrected chi connectivity index (χ3v) is 2.86. The first-order valence-corrected chi connectivity index (χ1v) is 5.15. The molecule has 0 aliphatic carbocycles. The molecule has 0 N–H and O–H groups in total. The highest BCUT2D eigenvalue weighted by atomic mass is 35.5. The number of carbonyl (C=O) groups is 1. The number of hydrogen-bond acceptors (Lipinski definition) is 2. The smallest absolute Gasteiger partial charge is 0.369 e. The van der Waals surface area contributed by atoms with Gasteiger partial charge < -0.3 is 4.74 Å². The van der Waals surface area contributed by atoms with Crippen LogP contribution in [-0.4, -0.2) is 22.4 Å². The molecule has 0 saturated carbocycles. The molecule has 15 heavy (non-hydrogen) atoms. The highest BCUT2D eigenvalue weighted by Gasteiger charge is 2.54. The van der Waals surface area contributed by atoms with E-state index in [-0.39, 0.29) is 6.42 Å². The quantitative estimate of drug-likeness (QED) is 0.694. The van der Waals surface area contributed by atoms with Gasteiger partial charge in [-0.2, -0.15) is 8.78 Å². The Hall–Kier alpha value is -0.220. The van der Waals surface area contributed by atoms with Gasteiger partial charge in [0.05, 0.1) is 17.1 Å². The molecule has 5 heteroatoms. The summed E-state index contributed by atoms with van der Waals surface area (Å²) in [5, 5.41) is -3.80. The largest absolute Gasteiger partial charge is 0.380 e. The van der Waals surface area contributed by atoms with E-state index in [0.29, 0.717) is 0 Å². The maximum Gasteiger partial charge on any atom is 0.380 e. The third kappa shape index (κ3) is 2.67. The molecule has 0 aromatic rings. The molecule has 1 heterocycles. The molecule has 88 valence electrons. The van der Waals surface area contributed by atoms with Crippen molar-refractivity contribution in [2.75, 3.05) is 0 Å². The molecule has 0 amide bonds. The van der Waals surface area contributed by atoms with E-state index < -0.39 is 28.3 Å². The number of carbonyl (C=O) groups excluding carboxylic acids is 1. The van der Waals surface area contributed by atoms with Gasteiger partial charge in [0.2, 0.25) is 5.78 Å². The Labute approximate surface area is 92.9 Å². The Bertz CT molecular complexity index is 282. The predicted octanol–water partition coefficient (Wildman–Crippen LogP) is 2.98. The van der Waals surface area contributed by atoms with Gasteiger partial charge >= 0.3 is 5.38 Å². The van der Waals surface area contributed by atoms with Crippen molar-refractivity contribution in [2.45, 2.75) is 50.7 Å². The first kappa shape index (κ1) is 12.8. The van der Waals surface area contributed by atoms with Crippen LogP contribution in [-0.2, 0) is 9.53 Å². The molecular weight excluding hydrogens is 226 g/mol. The molecule has 1 aliphatic rings. The molecule has 1 unspecified atom stereocenters. The zero-order valence-electron chi connectivity index (χ0n) is 9.23. The highest BCUT2D eigenvalue weighted by Crippen LogP contribution is 2.45. The van der Waals surface area contributed by atoms with Crippen molar-refractivity contribution in [2.24, 2.45) is 5.92 Å². The molecule has 2 nitrogen and oxygen atoms in total. The number of halogens is 3. The monoisotopic (exact) mass is 240 g/mol. The molecule has 1 atom stereocenters. The molecule has 1 saturated heterocycles. The molecule has 0 aromatic heterocycles. The summed E-state index contributed by atoms with van der Waals surface area (Å²) in [6, 6.07) is 0. The first-order valence-electron chi connectivity index (χ1n) is 4.77. The number of alkyl halides is 3. The standard InChI is InChI=1S/C10H15ClF2O2/c1-8(2)5-6(9(3,4)15-8)7(14)10(11,12)13/h6H,5H2,1-4H3. The minimum absolute atomic E-state index is 0.265. The van der Waals surface area contributed by atoms with Crippen LogP contribution in [0.25, 0.3) is 0 Å². The normalized spacial score (nSPS) is 29.1. The fourth-order valence-corrected chi connectivity index (χ4v) is 2.30. The zero-order valence-corrected chi connectivity index (χ0v) is 9.99. The van der Waals surface area contributed by atoms with Crippen LogP contribution in [0.3, 0.4) is 0 Å². The van der Waals surface area contributed by atoms with E-state index in [9.17, 15) is 13.6 Å². The molecular formula is C10H15ClF2O2. The summed E-state index contributed by atoms with van der Waals surface area (Å²) < 4.78 is 31.0. The Kier molecular flexibility index (Phi) is 2.90. The van der Waals surface area contributed by atoms with E-state index in [4.69, 9.17) is 16.3 Å². The van der Waals surface area contributed by atoms with Gasteiger partial charge in [-0.1, -0.05) is 0 Å². The van der Waals surface area contributed by atoms with E-state index in [2.05, 4.69) is 0 Å². The predicted molar refractivity (Wildman–Crippen MR) is 53.2 cm³/mol. The number of ketones is 1. The lowest BCUT2D eigenvalue weighted by atomic mass is 9.84. The van der Waals surface area contributed by atoms with Crippen LogP contribution in [0.15, 0.2) is 0 Å². The lowest BCUT2D eigenvalue weighted by molar-refractivity contribution is -0.143. The zero-order chi connectivity index (χ0) is 12.1. The minimum atomic E-state index is -3.80. The van der Waals surface area contributed by atoms with Gasteiger partial charge in [-0.3, -0.25) is 4.79 Å². The van der Waals surface area contributed by atoms with Gasteiger partial charge in [-0.05, 0) is 45.7 Å². The van der Waals surface area contributed by atoms with Crippen LogP contribution in [0.5, 0.6) is 0 Å². The van der Waals surface area contributed by atoms with Crippen LogP contribution in [0, 0.1) is 5.92 Å². The van der Waals surface area contributed by atoms with Crippen LogP contribution in [0.1, 0.15) is 34.1 Å². The van der Waals surface area contributed by atoms with Crippen LogP contribution < -0.4 is 0 Å². The summed E-state index contributed by atoms with van der Waals surface area (Å²) >= 11 is 4.75. The van der Waals surface area contributed by atoms with E-state index in [1.807, 2.05) is 0 Å². The summed E-state index contributed by atoms with van der Waals surface area (Å²) in [4.78, 5) is 11.4. The number of hydrogen-bond donors (Lipinski definition) is 0. The second-order valence-corrected chi connectivity index (χ2v) is 5.56. The second kappa shape index (κ2) is 3.39. The van der Waals surface area contributed by atoms with Crippen LogP contribution in [0.4, 0.5) is 8.78 Å². The number of rotatable bonds is 2. The Morgan fingerprint density at radius 1 is 1.40 bits per heavy atom. The molecule has 1 rings (SSSR count). The van der Waals surface area contributed by atoms with Crippen molar-refractivity contribution in [3.8, 4) is 0 Å². The summed E-state index contributed by atoms with van der Waals surface area (Å²) in [6.45, 7) is 6.81. The topological polar surface area (TPSA) is 26.3 Å². The summed E-state index contributed by atoms with van der Waals surface area (Å²) in [5.41, 5.74) is -1.45. The van der Waals surface area contributed by atoms with Gasteiger partial charge in [0, 0.05) is 0 Å². The summed E-state index contributed by atoms with van der Waals surface area (Å²) in [5.74, 6) is -2.11. The van der Waals surface area contributed by atoms with Gasteiger partial charge in [-0.25, -0.2) is 0 Å². The molecule has 1 fully saturated rings. The first-order chi connectivity index (χ1) is 6.46. The Morgan fingerprint density at radius 3 is 2.13 bits per heavy atom. The minimum Gasteiger partial charge on any atom is -0.369 e. The van der Waals surface area contributed by atoms with Gasteiger partial charge in [0.15, 0.2) is 0 Å². The maximum atomic E-state index is 12.7. The van der Waals surface area contributed by atoms with E-state index in [1.165, 1.54) is 0 Å². The van der Waals surface area contributed by atoms with Crippen LogP contribution in [0.2, 0.25) is 0 Å². The molecule has 0 bridgehead atoms. The van der Waals surface area contributed by atoms with E-state index in [1.54, 1.807) is 27.7 Å². The van der Waals surface area contributed by atoms with Crippen LogP contribution >= 0.6 is 11.6 Å².